The first-order valence-electron chi connectivity index (χ1n) is 10.5. The zero-order valence-corrected chi connectivity index (χ0v) is 21.3. The Morgan fingerprint density at radius 1 is 1.15 bits per heavy atom. The van der Waals surface area contributed by atoms with Crippen molar-refractivity contribution >= 4 is 46.6 Å². The summed E-state index contributed by atoms with van der Waals surface area (Å²) < 4.78 is 12.9. The van der Waals surface area contributed by atoms with Crippen molar-refractivity contribution in [1.82, 2.24) is 4.57 Å². The van der Waals surface area contributed by atoms with Gasteiger partial charge in [-0.15, -0.1) is 0 Å². The minimum absolute atomic E-state index is 0.284. The van der Waals surface area contributed by atoms with E-state index in [9.17, 15) is 9.59 Å². The van der Waals surface area contributed by atoms with Crippen molar-refractivity contribution in [2.75, 3.05) is 7.11 Å². The number of carbonyl (C=O) groups is 1. The maximum absolute atomic E-state index is 13.7. The second kappa shape index (κ2) is 9.78. The van der Waals surface area contributed by atoms with Crippen molar-refractivity contribution in [3.63, 3.8) is 0 Å². The lowest BCUT2D eigenvalue weighted by atomic mass is 9.96. The molecule has 0 spiro atoms. The van der Waals surface area contributed by atoms with Gasteiger partial charge in [-0.3, -0.25) is 9.36 Å². The highest BCUT2D eigenvalue weighted by molar-refractivity contribution is 7.07. The zero-order valence-electron chi connectivity index (χ0n) is 19.0. The van der Waals surface area contributed by atoms with Gasteiger partial charge in [0.25, 0.3) is 5.56 Å². The molecule has 34 heavy (non-hydrogen) atoms. The van der Waals surface area contributed by atoms with E-state index >= 15 is 0 Å². The van der Waals surface area contributed by atoms with E-state index in [2.05, 4.69) is 4.99 Å². The number of esters is 1. The van der Waals surface area contributed by atoms with Crippen LogP contribution in [0.15, 0.2) is 63.5 Å². The molecule has 0 saturated carbocycles. The Hall–Kier alpha value is -2.87. The molecule has 0 aliphatic carbocycles. The topological polar surface area (TPSA) is 69.9 Å². The van der Waals surface area contributed by atoms with Crippen molar-refractivity contribution in [2.24, 2.45) is 4.99 Å². The third-order valence-electron chi connectivity index (χ3n) is 5.25. The molecular formula is C25H22Cl2N2O4S. The van der Waals surface area contributed by atoms with Crippen molar-refractivity contribution in [2.45, 2.75) is 32.9 Å². The molecule has 9 heteroatoms. The highest BCUT2D eigenvalue weighted by Crippen LogP contribution is 2.31. The molecule has 4 rings (SSSR count). The highest BCUT2D eigenvalue weighted by Gasteiger charge is 2.33. The van der Waals surface area contributed by atoms with Crippen LogP contribution in [0.5, 0.6) is 5.75 Å². The number of thiazole rings is 1. The number of carbonyl (C=O) groups excluding carboxylic acids is 1. The number of ether oxygens (including phenoxy) is 2. The summed E-state index contributed by atoms with van der Waals surface area (Å²) in [7, 11) is 1.55. The summed E-state index contributed by atoms with van der Waals surface area (Å²) in [6.45, 7) is 5.30. The van der Waals surface area contributed by atoms with Crippen LogP contribution in [0.4, 0.5) is 0 Å². The first kappa shape index (κ1) is 24.3. The van der Waals surface area contributed by atoms with E-state index in [1.54, 1.807) is 76.4 Å². The predicted molar refractivity (Wildman–Crippen MR) is 134 cm³/mol. The normalized spacial score (nSPS) is 15.9. The van der Waals surface area contributed by atoms with E-state index in [4.69, 9.17) is 32.7 Å². The first-order valence-corrected chi connectivity index (χ1v) is 12.1. The molecule has 1 aliphatic heterocycles. The molecule has 0 amide bonds. The third-order valence-corrected chi connectivity index (χ3v) is 6.72. The number of methoxy groups -OCH3 is 1. The Morgan fingerprint density at radius 3 is 2.47 bits per heavy atom. The van der Waals surface area contributed by atoms with Gasteiger partial charge in [0, 0.05) is 15.6 Å². The summed E-state index contributed by atoms with van der Waals surface area (Å²) in [5.41, 5.74) is 1.92. The Labute approximate surface area is 210 Å². The van der Waals surface area contributed by atoms with Crippen LogP contribution in [0.1, 0.15) is 37.9 Å². The second-order valence-electron chi connectivity index (χ2n) is 7.97. The average Bonchev–Trinajstić information content (AvgIpc) is 3.07. The molecule has 1 aromatic heterocycles. The Balaban J connectivity index is 1.96. The number of aromatic nitrogens is 1. The molecular weight excluding hydrogens is 495 g/mol. The Kier molecular flexibility index (Phi) is 6.98. The molecule has 176 valence electrons. The number of fused-ring (bicyclic) bond motifs is 1. The summed E-state index contributed by atoms with van der Waals surface area (Å²) >= 11 is 13.5. The monoisotopic (exact) mass is 516 g/mol. The van der Waals surface area contributed by atoms with Gasteiger partial charge in [0.2, 0.25) is 0 Å². The maximum atomic E-state index is 13.7. The van der Waals surface area contributed by atoms with Crippen LogP contribution in [0.2, 0.25) is 10.0 Å². The van der Waals surface area contributed by atoms with Gasteiger partial charge in [0.15, 0.2) is 4.80 Å². The molecule has 1 unspecified atom stereocenters. The summed E-state index contributed by atoms with van der Waals surface area (Å²) in [5, 5.41) is 1.07. The van der Waals surface area contributed by atoms with E-state index in [0.29, 0.717) is 42.0 Å². The second-order valence-corrected chi connectivity index (χ2v) is 9.86. The first-order chi connectivity index (χ1) is 16.2. The maximum Gasteiger partial charge on any atom is 0.338 e. The number of hydrogen-bond acceptors (Lipinski definition) is 6. The fourth-order valence-corrected chi connectivity index (χ4v) is 5.12. The standard InChI is InChI=1S/C25H22Cl2N2O4S/c1-13(2)33-24(31)21-14(3)28-25-29(22(21)15-5-7-17(26)8-6-15)23(30)20(34-25)12-16-11-18(27)9-10-19(16)32-4/h5-13,22H,1-4H3. The molecule has 1 atom stereocenters. The Morgan fingerprint density at radius 2 is 1.82 bits per heavy atom. The summed E-state index contributed by atoms with van der Waals surface area (Å²) in [5.74, 6) is 0.0730. The average molecular weight is 517 g/mol. The van der Waals surface area contributed by atoms with Crippen LogP contribution in [-0.2, 0) is 9.53 Å². The van der Waals surface area contributed by atoms with E-state index in [1.807, 2.05) is 0 Å². The lowest BCUT2D eigenvalue weighted by Crippen LogP contribution is -2.40. The molecule has 0 bridgehead atoms. The Bertz CT molecular complexity index is 1470. The third kappa shape index (κ3) is 4.69. The lowest BCUT2D eigenvalue weighted by molar-refractivity contribution is -0.143. The molecule has 1 aliphatic rings. The number of allylic oxidation sites excluding steroid dienone is 1. The molecule has 0 radical (unpaired) electrons. The number of rotatable bonds is 5. The van der Waals surface area contributed by atoms with Crippen molar-refractivity contribution in [3.05, 3.63) is 94.6 Å². The lowest BCUT2D eigenvalue weighted by Gasteiger charge is -2.25. The van der Waals surface area contributed by atoms with Gasteiger partial charge < -0.3 is 9.47 Å². The van der Waals surface area contributed by atoms with Crippen LogP contribution in [0.25, 0.3) is 6.08 Å². The van der Waals surface area contributed by atoms with Crippen LogP contribution < -0.4 is 19.6 Å². The van der Waals surface area contributed by atoms with E-state index in [-0.39, 0.29) is 11.7 Å². The molecule has 0 N–H and O–H groups in total. The van der Waals surface area contributed by atoms with Gasteiger partial charge in [0.05, 0.1) is 35.1 Å². The van der Waals surface area contributed by atoms with Crippen molar-refractivity contribution in [3.8, 4) is 5.75 Å². The number of benzene rings is 2. The number of hydrogen-bond donors (Lipinski definition) is 0. The fraction of sp³-hybridized carbons (Fsp3) is 0.240. The van der Waals surface area contributed by atoms with Crippen molar-refractivity contribution in [1.29, 1.82) is 0 Å². The van der Waals surface area contributed by atoms with Gasteiger partial charge in [-0.25, -0.2) is 9.79 Å². The van der Waals surface area contributed by atoms with Crippen LogP contribution >= 0.6 is 34.5 Å². The molecule has 2 heterocycles. The largest absolute Gasteiger partial charge is 0.496 e. The van der Waals surface area contributed by atoms with E-state index < -0.39 is 12.0 Å². The van der Waals surface area contributed by atoms with Gasteiger partial charge >= 0.3 is 5.97 Å². The zero-order chi connectivity index (χ0) is 24.6. The van der Waals surface area contributed by atoms with Gasteiger partial charge in [0.1, 0.15) is 5.75 Å². The van der Waals surface area contributed by atoms with Crippen LogP contribution in [0, 0.1) is 0 Å². The molecule has 3 aromatic rings. The van der Waals surface area contributed by atoms with E-state index in [1.165, 1.54) is 15.9 Å². The summed E-state index contributed by atoms with van der Waals surface area (Å²) in [4.78, 5) is 31.8. The van der Waals surface area contributed by atoms with Gasteiger partial charge in [-0.2, -0.15) is 0 Å². The van der Waals surface area contributed by atoms with Gasteiger partial charge in [-0.05, 0) is 62.7 Å². The summed E-state index contributed by atoms with van der Waals surface area (Å²) in [6.07, 6.45) is 1.40. The number of halogens is 2. The van der Waals surface area contributed by atoms with Gasteiger partial charge in [-0.1, -0.05) is 46.7 Å². The van der Waals surface area contributed by atoms with Crippen molar-refractivity contribution < 1.29 is 14.3 Å². The predicted octanol–water partition coefficient (Wildman–Crippen LogP) is 4.50. The molecule has 2 aromatic carbocycles. The fourth-order valence-electron chi connectivity index (χ4n) is 3.78. The minimum atomic E-state index is -0.705. The van der Waals surface area contributed by atoms with Crippen LogP contribution in [-0.4, -0.2) is 23.8 Å². The minimum Gasteiger partial charge on any atom is -0.496 e. The molecule has 0 saturated heterocycles. The SMILES string of the molecule is COc1ccc(Cl)cc1C=c1sc2n(c1=O)C(c1ccc(Cl)cc1)C(C(=O)OC(C)C)=C(C)N=2. The molecule has 6 nitrogen and oxygen atoms in total. The highest BCUT2D eigenvalue weighted by atomic mass is 35.5. The number of nitrogens with zero attached hydrogens (tertiary/aromatic N) is 2. The smallest absolute Gasteiger partial charge is 0.338 e. The quantitative estimate of drug-likeness (QED) is 0.468. The van der Waals surface area contributed by atoms with Crippen LogP contribution in [0.3, 0.4) is 0 Å². The molecule has 0 fully saturated rings. The van der Waals surface area contributed by atoms with E-state index in [0.717, 1.165) is 5.56 Å². The summed E-state index contributed by atoms with van der Waals surface area (Å²) in [6, 6.07) is 11.5.